The Morgan fingerprint density at radius 1 is 0.279 bits per heavy atom. The number of nitrogens with zero attached hydrogens (tertiary/aromatic N) is 2. The zero-order valence-corrected chi connectivity index (χ0v) is 26.0. The summed E-state index contributed by atoms with van der Waals surface area (Å²) in [5.74, 6) is 0. The molecule has 0 bridgehead atoms. The fraction of sp³-hybridized carbons (Fsp3) is 0.0769. The first kappa shape index (κ1) is 28.9. The van der Waals surface area contributed by atoms with E-state index in [1.807, 2.05) is 0 Å². The van der Waals surface area contributed by atoms with Crippen molar-refractivity contribution in [3.63, 3.8) is 0 Å². The van der Waals surface area contributed by atoms with Crippen molar-refractivity contribution >= 4 is 45.9 Å². The minimum absolute atomic E-state index is 0.730. The monoisotopic (exact) mass is 594 g/mol. The topological polar surface area (TPSA) is 24.7 Å². The Morgan fingerprint density at radius 2 is 0.465 bits per heavy atom. The molecule has 0 saturated carbocycles. The quantitative estimate of drug-likeness (QED) is 0.115. The third kappa shape index (κ3) is 6.00. The molecule has 0 saturated heterocycles. The Hall–Kier alpha value is -4.22. The molecule has 0 spiro atoms. The second-order valence-electron chi connectivity index (χ2n) is 10.4. The molecule has 212 valence electrons. The van der Waals surface area contributed by atoms with E-state index in [1.165, 1.54) is 31.8 Å². The molecule has 0 radical (unpaired) electrons. The molecule has 0 aliphatic rings. The summed E-state index contributed by atoms with van der Waals surface area (Å²) in [6, 6.07) is 65.2. The third-order valence-corrected chi connectivity index (χ3v) is 15.2. The number of hydrogen-bond donors (Lipinski definition) is 0. The van der Waals surface area contributed by atoms with Gasteiger partial charge < -0.3 is 0 Å². The van der Waals surface area contributed by atoms with Crippen LogP contribution in [0.1, 0.15) is 6.42 Å². The molecule has 0 aliphatic carbocycles. The number of hydrogen-bond acceptors (Lipinski definition) is 2. The number of rotatable bonds is 10. The highest BCUT2D eigenvalue weighted by molar-refractivity contribution is 7.87. The lowest BCUT2D eigenvalue weighted by Gasteiger charge is -2.28. The minimum atomic E-state index is -2.22. The van der Waals surface area contributed by atoms with E-state index in [9.17, 15) is 0 Å². The molecule has 0 aromatic heterocycles. The molecular formula is C39H36N2P2. The largest absolute Gasteiger partial charge is 0.290 e. The highest BCUT2D eigenvalue weighted by atomic mass is 31.2. The van der Waals surface area contributed by atoms with E-state index in [2.05, 4.69) is 182 Å². The molecule has 2 nitrogen and oxygen atoms in total. The number of benzene rings is 6. The molecule has 0 unspecified atom stereocenters. The Kier molecular flexibility index (Phi) is 9.29. The van der Waals surface area contributed by atoms with Gasteiger partial charge in [-0.25, -0.2) is 0 Å². The minimum Gasteiger partial charge on any atom is -0.290 e. The molecule has 4 heteroatoms. The molecule has 6 aromatic rings. The van der Waals surface area contributed by atoms with E-state index >= 15 is 0 Å². The van der Waals surface area contributed by atoms with Crippen LogP contribution in [0.5, 0.6) is 0 Å². The van der Waals surface area contributed by atoms with E-state index in [0.29, 0.717) is 0 Å². The summed E-state index contributed by atoms with van der Waals surface area (Å²) >= 11 is 0. The van der Waals surface area contributed by atoms with Crippen LogP contribution in [0, 0.1) is 0 Å². The van der Waals surface area contributed by atoms with Gasteiger partial charge in [-0.2, -0.15) is 0 Å². The van der Waals surface area contributed by atoms with Crippen LogP contribution in [0.2, 0.25) is 0 Å². The highest BCUT2D eigenvalue weighted by Gasteiger charge is 2.28. The fourth-order valence-corrected chi connectivity index (χ4v) is 13.0. The van der Waals surface area contributed by atoms with Gasteiger partial charge in [-0.3, -0.25) is 9.49 Å². The van der Waals surface area contributed by atoms with E-state index in [0.717, 1.165) is 19.5 Å². The molecule has 0 amide bonds. The summed E-state index contributed by atoms with van der Waals surface area (Å²) in [7, 11) is -4.43. The first-order valence-corrected chi connectivity index (χ1v) is 18.3. The van der Waals surface area contributed by atoms with Crippen molar-refractivity contribution in [1.82, 2.24) is 0 Å². The highest BCUT2D eigenvalue weighted by Crippen LogP contribution is 2.48. The van der Waals surface area contributed by atoms with Crippen molar-refractivity contribution in [3.05, 3.63) is 182 Å². The predicted octanol–water partition coefficient (Wildman–Crippen LogP) is 7.73. The predicted molar refractivity (Wildman–Crippen MR) is 190 cm³/mol. The van der Waals surface area contributed by atoms with Gasteiger partial charge in [0, 0.05) is 44.9 Å². The SMILES string of the molecule is c1ccc(P(=NCCCN=P(c2ccccc2)(c2ccccc2)c2ccccc2)(c2ccccc2)c2ccccc2)cc1. The second kappa shape index (κ2) is 13.8. The van der Waals surface area contributed by atoms with Gasteiger partial charge in [0.25, 0.3) is 0 Å². The standard InChI is InChI=1S/C39H36N2P2/c1-7-20-34(21-8-1)42(35-22-9-2-10-23-35,36-24-11-3-12-25-36)40-32-19-33-41-43(37-26-13-4-14-27-37,38-28-15-5-16-29-38)39-30-17-6-18-31-39/h1-18,20-31H,19,32-33H2. The van der Waals surface area contributed by atoms with E-state index in [1.54, 1.807) is 0 Å². The summed E-state index contributed by atoms with van der Waals surface area (Å²) < 4.78 is 11.3. The van der Waals surface area contributed by atoms with Crippen molar-refractivity contribution < 1.29 is 0 Å². The van der Waals surface area contributed by atoms with Crippen molar-refractivity contribution in [3.8, 4) is 0 Å². The van der Waals surface area contributed by atoms with E-state index in [-0.39, 0.29) is 0 Å². The molecular weight excluding hydrogens is 558 g/mol. The molecule has 0 N–H and O–H groups in total. The molecule has 0 atom stereocenters. The van der Waals surface area contributed by atoms with Crippen molar-refractivity contribution in [1.29, 1.82) is 0 Å². The van der Waals surface area contributed by atoms with Crippen LogP contribution < -0.4 is 31.8 Å². The zero-order valence-electron chi connectivity index (χ0n) is 24.2. The molecule has 6 aromatic carbocycles. The van der Waals surface area contributed by atoms with Crippen LogP contribution in [0.3, 0.4) is 0 Å². The molecule has 0 aliphatic heterocycles. The zero-order chi connectivity index (χ0) is 29.2. The van der Waals surface area contributed by atoms with Crippen LogP contribution in [0.25, 0.3) is 0 Å². The van der Waals surface area contributed by atoms with Gasteiger partial charge in [0.2, 0.25) is 0 Å². The Labute approximate surface area is 256 Å². The summed E-state index contributed by atoms with van der Waals surface area (Å²) in [4.78, 5) is 0. The maximum atomic E-state index is 5.67. The van der Waals surface area contributed by atoms with Gasteiger partial charge in [-0.15, -0.1) is 0 Å². The van der Waals surface area contributed by atoms with Crippen LogP contribution >= 0.6 is 14.1 Å². The average Bonchev–Trinajstić information content (AvgIpc) is 3.11. The maximum Gasteiger partial charge on any atom is 0.0547 e. The van der Waals surface area contributed by atoms with Crippen molar-refractivity contribution in [2.75, 3.05) is 13.1 Å². The van der Waals surface area contributed by atoms with Crippen LogP contribution in [-0.4, -0.2) is 13.1 Å². The lowest BCUT2D eigenvalue weighted by Crippen LogP contribution is -2.26. The summed E-state index contributed by atoms with van der Waals surface area (Å²) in [6.45, 7) is 1.46. The maximum absolute atomic E-state index is 5.67. The molecule has 0 fully saturated rings. The van der Waals surface area contributed by atoms with Crippen LogP contribution in [-0.2, 0) is 0 Å². The summed E-state index contributed by atoms with van der Waals surface area (Å²) in [5, 5.41) is 7.69. The lowest BCUT2D eigenvalue weighted by molar-refractivity contribution is 0.858. The first-order chi connectivity index (χ1) is 21.3. The van der Waals surface area contributed by atoms with Gasteiger partial charge in [-0.05, 0) is 6.42 Å². The van der Waals surface area contributed by atoms with Gasteiger partial charge in [0.15, 0.2) is 0 Å². The fourth-order valence-electron chi connectivity index (χ4n) is 5.76. The summed E-state index contributed by atoms with van der Waals surface area (Å²) in [5.41, 5.74) is 0. The van der Waals surface area contributed by atoms with E-state index < -0.39 is 14.1 Å². The molecule has 43 heavy (non-hydrogen) atoms. The average molecular weight is 595 g/mol. The molecule has 6 rings (SSSR count). The smallest absolute Gasteiger partial charge is 0.0547 e. The van der Waals surface area contributed by atoms with Gasteiger partial charge in [-0.1, -0.05) is 182 Å². The molecule has 0 heterocycles. The van der Waals surface area contributed by atoms with Crippen LogP contribution in [0.4, 0.5) is 0 Å². The Balaban J connectivity index is 1.45. The van der Waals surface area contributed by atoms with Gasteiger partial charge in [0.05, 0.1) is 14.1 Å². The van der Waals surface area contributed by atoms with Crippen LogP contribution in [0.15, 0.2) is 191 Å². The van der Waals surface area contributed by atoms with Gasteiger partial charge >= 0.3 is 0 Å². The van der Waals surface area contributed by atoms with Crippen molar-refractivity contribution in [2.45, 2.75) is 6.42 Å². The normalized spacial score (nSPS) is 11.5. The second-order valence-corrected chi connectivity index (χ2v) is 16.6. The van der Waals surface area contributed by atoms with E-state index in [4.69, 9.17) is 9.49 Å². The summed E-state index contributed by atoms with van der Waals surface area (Å²) in [6.07, 6.45) is 0.877. The Bertz CT molecular complexity index is 1480. The Morgan fingerprint density at radius 3 is 0.651 bits per heavy atom. The first-order valence-electron chi connectivity index (χ1n) is 14.8. The van der Waals surface area contributed by atoms with Crippen molar-refractivity contribution in [2.24, 2.45) is 9.49 Å². The third-order valence-electron chi connectivity index (χ3n) is 7.72. The lowest BCUT2D eigenvalue weighted by atomic mass is 10.4. The van der Waals surface area contributed by atoms with Gasteiger partial charge in [0.1, 0.15) is 0 Å².